The van der Waals surface area contributed by atoms with Crippen molar-refractivity contribution in [3.05, 3.63) is 24.2 Å². The number of methoxy groups -OCH3 is 1. The highest BCUT2D eigenvalue weighted by Crippen LogP contribution is 2.08. The van der Waals surface area contributed by atoms with Crippen molar-refractivity contribution in [2.75, 3.05) is 7.11 Å². The van der Waals surface area contributed by atoms with Crippen LogP contribution in [-0.4, -0.2) is 24.6 Å². The number of hydrogen-bond donors (Lipinski definition) is 0. The minimum absolute atomic E-state index is 0.0598. The normalized spacial score (nSPS) is 9.94. The van der Waals surface area contributed by atoms with Crippen LogP contribution >= 0.6 is 0 Å². The van der Waals surface area contributed by atoms with Crippen LogP contribution in [-0.2, 0) is 14.3 Å². The fourth-order valence-corrected chi connectivity index (χ4v) is 1.28. The molecule has 0 bridgehead atoms. The standard InChI is InChI=1S/C12H14O5/c1-16-12(15)7-5-9(13)4-6-10(14)11-3-2-8-17-11/h2-3,8H,4-7H2,1H3. The average molecular weight is 238 g/mol. The van der Waals surface area contributed by atoms with Crippen molar-refractivity contribution < 1.29 is 23.5 Å². The lowest BCUT2D eigenvalue weighted by Gasteiger charge is -1.99. The molecule has 0 aliphatic heterocycles. The first-order chi connectivity index (χ1) is 8.13. The fourth-order valence-electron chi connectivity index (χ4n) is 1.28. The summed E-state index contributed by atoms with van der Waals surface area (Å²) >= 11 is 0. The van der Waals surface area contributed by atoms with Gasteiger partial charge in [-0.1, -0.05) is 0 Å². The molecule has 0 fully saturated rings. The molecule has 0 radical (unpaired) electrons. The first-order valence-electron chi connectivity index (χ1n) is 5.28. The highest BCUT2D eigenvalue weighted by atomic mass is 16.5. The summed E-state index contributed by atoms with van der Waals surface area (Å²) in [5, 5.41) is 0. The van der Waals surface area contributed by atoms with Crippen LogP contribution in [0.15, 0.2) is 22.8 Å². The van der Waals surface area contributed by atoms with Crippen molar-refractivity contribution in [3.63, 3.8) is 0 Å². The molecule has 0 aliphatic carbocycles. The Hall–Kier alpha value is -1.91. The van der Waals surface area contributed by atoms with Crippen LogP contribution in [0.2, 0.25) is 0 Å². The Balaban J connectivity index is 2.24. The zero-order chi connectivity index (χ0) is 12.7. The van der Waals surface area contributed by atoms with Crippen LogP contribution in [0.3, 0.4) is 0 Å². The van der Waals surface area contributed by atoms with Crippen molar-refractivity contribution in [1.29, 1.82) is 0 Å². The summed E-state index contributed by atoms with van der Waals surface area (Å²) in [4.78, 5) is 33.6. The second-order valence-corrected chi connectivity index (χ2v) is 3.52. The summed E-state index contributed by atoms with van der Waals surface area (Å²) in [5.41, 5.74) is 0. The first-order valence-corrected chi connectivity index (χ1v) is 5.28. The van der Waals surface area contributed by atoms with E-state index in [-0.39, 0.29) is 43.0 Å². The largest absolute Gasteiger partial charge is 0.469 e. The summed E-state index contributed by atoms with van der Waals surface area (Å²) in [7, 11) is 1.27. The van der Waals surface area contributed by atoms with E-state index in [1.54, 1.807) is 12.1 Å². The monoisotopic (exact) mass is 238 g/mol. The lowest BCUT2D eigenvalue weighted by molar-refractivity contribution is -0.141. The van der Waals surface area contributed by atoms with Gasteiger partial charge in [-0.25, -0.2) is 0 Å². The van der Waals surface area contributed by atoms with Crippen molar-refractivity contribution in [1.82, 2.24) is 0 Å². The number of ketones is 2. The van der Waals surface area contributed by atoms with E-state index in [1.165, 1.54) is 13.4 Å². The van der Waals surface area contributed by atoms with Gasteiger partial charge in [0.25, 0.3) is 0 Å². The Bertz CT molecular complexity index is 391. The number of carbonyl (C=O) groups excluding carboxylic acids is 3. The van der Waals surface area contributed by atoms with Gasteiger partial charge in [-0.3, -0.25) is 14.4 Å². The maximum absolute atomic E-state index is 11.5. The topological polar surface area (TPSA) is 73.6 Å². The van der Waals surface area contributed by atoms with Crippen molar-refractivity contribution in [3.8, 4) is 0 Å². The molecule has 1 aromatic heterocycles. The Kier molecular flexibility index (Phi) is 5.13. The Labute approximate surface area is 98.7 Å². The molecule has 92 valence electrons. The molecule has 0 spiro atoms. The van der Waals surface area contributed by atoms with Crippen LogP contribution in [0.1, 0.15) is 36.2 Å². The van der Waals surface area contributed by atoms with E-state index in [9.17, 15) is 14.4 Å². The van der Waals surface area contributed by atoms with E-state index >= 15 is 0 Å². The van der Waals surface area contributed by atoms with Gasteiger partial charge >= 0.3 is 5.97 Å². The molecule has 1 heterocycles. The number of ether oxygens (including phenoxy) is 1. The van der Waals surface area contributed by atoms with E-state index in [4.69, 9.17) is 4.42 Å². The maximum atomic E-state index is 11.5. The van der Waals surface area contributed by atoms with Crippen molar-refractivity contribution in [2.45, 2.75) is 25.7 Å². The molecule has 0 N–H and O–H groups in total. The van der Waals surface area contributed by atoms with E-state index in [2.05, 4.69) is 4.74 Å². The highest BCUT2D eigenvalue weighted by molar-refractivity contribution is 5.96. The minimum atomic E-state index is -0.421. The zero-order valence-electron chi connectivity index (χ0n) is 9.60. The molecule has 0 amide bonds. The molecule has 1 aromatic rings. The van der Waals surface area contributed by atoms with Crippen LogP contribution in [0.4, 0.5) is 0 Å². The van der Waals surface area contributed by atoms with Crippen LogP contribution in [0, 0.1) is 0 Å². The van der Waals surface area contributed by atoms with Gasteiger partial charge in [0.05, 0.1) is 19.8 Å². The predicted octanol–water partition coefficient (Wildman–Crippen LogP) is 1.76. The van der Waals surface area contributed by atoms with Crippen molar-refractivity contribution >= 4 is 17.5 Å². The molecule has 0 aliphatic rings. The maximum Gasteiger partial charge on any atom is 0.305 e. The molecule has 0 saturated heterocycles. The Morgan fingerprint density at radius 2 is 1.88 bits per heavy atom. The van der Waals surface area contributed by atoms with E-state index in [1.807, 2.05) is 0 Å². The number of esters is 1. The van der Waals surface area contributed by atoms with Crippen LogP contribution < -0.4 is 0 Å². The first kappa shape index (κ1) is 13.2. The van der Waals surface area contributed by atoms with E-state index < -0.39 is 5.97 Å². The van der Waals surface area contributed by atoms with Gasteiger partial charge in [0, 0.05) is 19.3 Å². The summed E-state index contributed by atoms with van der Waals surface area (Å²) < 4.78 is 9.32. The molecular weight excluding hydrogens is 224 g/mol. The Morgan fingerprint density at radius 3 is 2.47 bits per heavy atom. The Morgan fingerprint density at radius 1 is 1.18 bits per heavy atom. The van der Waals surface area contributed by atoms with Gasteiger partial charge in [-0.15, -0.1) is 0 Å². The molecule has 0 saturated carbocycles. The average Bonchev–Trinajstić information content (AvgIpc) is 2.86. The molecular formula is C12H14O5. The summed E-state index contributed by atoms with van der Waals surface area (Å²) in [6.07, 6.45) is 1.80. The van der Waals surface area contributed by atoms with Gasteiger partial charge in [0.1, 0.15) is 5.78 Å². The van der Waals surface area contributed by atoms with Crippen LogP contribution in [0.25, 0.3) is 0 Å². The molecule has 5 heteroatoms. The third-order valence-electron chi connectivity index (χ3n) is 2.26. The number of hydrogen-bond acceptors (Lipinski definition) is 5. The summed E-state index contributed by atoms with van der Waals surface area (Å²) in [6.45, 7) is 0. The highest BCUT2D eigenvalue weighted by Gasteiger charge is 2.12. The van der Waals surface area contributed by atoms with Gasteiger partial charge < -0.3 is 9.15 Å². The molecule has 17 heavy (non-hydrogen) atoms. The zero-order valence-corrected chi connectivity index (χ0v) is 9.60. The second kappa shape index (κ2) is 6.62. The second-order valence-electron chi connectivity index (χ2n) is 3.52. The molecule has 0 aromatic carbocycles. The number of carbonyl (C=O) groups is 3. The molecule has 1 rings (SSSR count). The molecule has 5 nitrogen and oxygen atoms in total. The SMILES string of the molecule is COC(=O)CCC(=O)CCC(=O)c1ccco1. The number of Topliss-reactive ketones (excluding diaryl/α,β-unsaturated/α-hetero) is 2. The van der Waals surface area contributed by atoms with E-state index in [0.717, 1.165) is 0 Å². The smallest absolute Gasteiger partial charge is 0.305 e. The minimum Gasteiger partial charge on any atom is -0.469 e. The lowest BCUT2D eigenvalue weighted by atomic mass is 10.1. The number of furan rings is 1. The molecule has 0 unspecified atom stereocenters. The fraction of sp³-hybridized carbons (Fsp3) is 0.417. The quantitative estimate of drug-likeness (QED) is 0.534. The predicted molar refractivity (Wildman–Crippen MR) is 58.5 cm³/mol. The summed E-state index contributed by atoms with van der Waals surface area (Å²) in [6, 6.07) is 3.17. The van der Waals surface area contributed by atoms with Gasteiger partial charge in [0.2, 0.25) is 0 Å². The number of rotatable bonds is 7. The van der Waals surface area contributed by atoms with Gasteiger partial charge in [-0.05, 0) is 12.1 Å². The molecule has 0 atom stereocenters. The third kappa shape index (κ3) is 4.63. The van der Waals surface area contributed by atoms with E-state index in [0.29, 0.717) is 0 Å². The summed E-state index contributed by atoms with van der Waals surface area (Å²) in [5.74, 6) is -0.502. The van der Waals surface area contributed by atoms with Crippen molar-refractivity contribution in [2.24, 2.45) is 0 Å². The van der Waals surface area contributed by atoms with Gasteiger partial charge in [-0.2, -0.15) is 0 Å². The lowest BCUT2D eigenvalue weighted by Crippen LogP contribution is -2.07. The van der Waals surface area contributed by atoms with Crippen LogP contribution in [0.5, 0.6) is 0 Å². The van der Waals surface area contributed by atoms with Gasteiger partial charge in [0.15, 0.2) is 11.5 Å². The third-order valence-corrected chi connectivity index (χ3v) is 2.26.